The van der Waals surface area contributed by atoms with Crippen LogP contribution in [0.25, 0.3) is 0 Å². The highest BCUT2D eigenvalue weighted by Crippen LogP contribution is 2.33. The van der Waals surface area contributed by atoms with Crippen LogP contribution in [0.2, 0.25) is 0 Å². The number of hydrogen-bond acceptors (Lipinski definition) is 4. The first kappa shape index (κ1) is 15.9. The van der Waals surface area contributed by atoms with Crippen molar-refractivity contribution in [2.24, 2.45) is 5.92 Å². The Morgan fingerprint density at radius 3 is 2.62 bits per heavy atom. The zero-order valence-electron chi connectivity index (χ0n) is 12.7. The summed E-state index contributed by atoms with van der Waals surface area (Å²) in [5.41, 5.74) is 0.674. The number of nitrogens with one attached hydrogen (secondary N) is 1. The molecule has 116 valence electrons. The molecular formula is C15H22N2O3S. The summed E-state index contributed by atoms with van der Waals surface area (Å²) in [5.74, 6) is -0.768. The third kappa shape index (κ3) is 4.81. The van der Waals surface area contributed by atoms with Gasteiger partial charge in [0.25, 0.3) is 0 Å². The lowest BCUT2D eigenvalue weighted by Crippen LogP contribution is -2.41. The lowest BCUT2D eigenvalue weighted by atomic mass is 9.98. The number of aliphatic carboxylic acids is 1. The highest BCUT2D eigenvalue weighted by Gasteiger charge is 2.30. The van der Waals surface area contributed by atoms with Gasteiger partial charge < -0.3 is 10.4 Å². The molecule has 1 saturated carbocycles. The SMILES string of the molecule is CC(C)(C)c1nc(CC(=O)NC(CC2CC2)C(=O)O)cs1. The maximum absolute atomic E-state index is 12.0. The molecule has 0 aromatic carbocycles. The highest BCUT2D eigenvalue weighted by atomic mass is 32.1. The van der Waals surface area contributed by atoms with Crippen molar-refractivity contribution < 1.29 is 14.7 Å². The summed E-state index contributed by atoms with van der Waals surface area (Å²) >= 11 is 1.54. The molecule has 1 atom stereocenters. The van der Waals surface area contributed by atoms with Crippen molar-refractivity contribution in [3.05, 3.63) is 16.1 Å². The summed E-state index contributed by atoms with van der Waals surface area (Å²) in [5, 5.41) is 14.6. The predicted molar refractivity (Wildman–Crippen MR) is 81.4 cm³/mol. The Bertz CT molecular complexity index is 529. The smallest absolute Gasteiger partial charge is 0.326 e. The quantitative estimate of drug-likeness (QED) is 0.845. The van der Waals surface area contributed by atoms with Gasteiger partial charge in [0.05, 0.1) is 17.1 Å². The molecule has 1 amide bonds. The van der Waals surface area contributed by atoms with Crippen molar-refractivity contribution in [1.82, 2.24) is 10.3 Å². The van der Waals surface area contributed by atoms with Crippen molar-refractivity contribution in [2.45, 2.75) is 57.9 Å². The third-order valence-electron chi connectivity index (χ3n) is 3.43. The molecule has 1 unspecified atom stereocenters. The average Bonchev–Trinajstić information content (AvgIpc) is 3.03. The Morgan fingerprint density at radius 1 is 1.48 bits per heavy atom. The van der Waals surface area contributed by atoms with Gasteiger partial charge in [-0.05, 0) is 12.3 Å². The fraction of sp³-hybridized carbons (Fsp3) is 0.667. The van der Waals surface area contributed by atoms with Crippen LogP contribution in [-0.2, 0) is 21.4 Å². The van der Waals surface area contributed by atoms with Crippen LogP contribution in [0.3, 0.4) is 0 Å². The zero-order valence-corrected chi connectivity index (χ0v) is 13.5. The number of rotatable bonds is 6. The van der Waals surface area contributed by atoms with Gasteiger partial charge in [-0.3, -0.25) is 4.79 Å². The van der Waals surface area contributed by atoms with Gasteiger partial charge in [0.2, 0.25) is 5.91 Å². The van der Waals surface area contributed by atoms with Gasteiger partial charge >= 0.3 is 5.97 Å². The topological polar surface area (TPSA) is 79.3 Å². The maximum atomic E-state index is 12.0. The Kier molecular flexibility index (Phi) is 4.66. The number of aromatic nitrogens is 1. The van der Waals surface area contributed by atoms with Gasteiger partial charge in [0, 0.05) is 10.8 Å². The number of thiazole rings is 1. The van der Waals surface area contributed by atoms with Gasteiger partial charge in [-0.2, -0.15) is 0 Å². The molecule has 1 aliphatic carbocycles. The van der Waals surface area contributed by atoms with Gasteiger partial charge in [-0.15, -0.1) is 11.3 Å². The first-order valence-electron chi connectivity index (χ1n) is 7.23. The largest absolute Gasteiger partial charge is 0.480 e. The Balaban J connectivity index is 1.90. The number of carbonyl (C=O) groups excluding carboxylic acids is 1. The van der Waals surface area contributed by atoms with Crippen LogP contribution in [0, 0.1) is 5.92 Å². The minimum atomic E-state index is -0.955. The number of hydrogen-bond donors (Lipinski definition) is 2. The van der Waals surface area contributed by atoms with Crippen molar-refractivity contribution in [3.8, 4) is 0 Å². The first-order valence-corrected chi connectivity index (χ1v) is 8.10. The number of nitrogens with zero attached hydrogens (tertiary/aromatic N) is 1. The van der Waals surface area contributed by atoms with E-state index in [2.05, 4.69) is 31.1 Å². The summed E-state index contributed by atoms with van der Waals surface area (Å²) in [6.45, 7) is 6.23. The molecule has 1 heterocycles. The molecule has 6 heteroatoms. The van der Waals surface area contributed by atoms with Gasteiger partial charge in [-0.1, -0.05) is 33.6 Å². The number of carboxylic acids is 1. The maximum Gasteiger partial charge on any atom is 0.326 e. The van der Waals surface area contributed by atoms with E-state index in [0.29, 0.717) is 18.0 Å². The summed E-state index contributed by atoms with van der Waals surface area (Å²) < 4.78 is 0. The molecular weight excluding hydrogens is 288 g/mol. The van der Waals surface area contributed by atoms with E-state index in [0.717, 1.165) is 17.8 Å². The molecule has 1 aromatic rings. The fourth-order valence-electron chi connectivity index (χ4n) is 2.05. The van der Waals surface area contributed by atoms with E-state index in [-0.39, 0.29) is 17.7 Å². The molecule has 0 saturated heterocycles. The monoisotopic (exact) mass is 310 g/mol. The second-order valence-electron chi connectivity index (χ2n) is 6.71. The van der Waals surface area contributed by atoms with Crippen LogP contribution in [-0.4, -0.2) is 28.0 Å². The summed E-state index contributed by atoms with van der Waals surface area (Å²) in [4.78, 5) is 27.6. The fourth-order valence-corrected chi connectivity index (χ4v) is 2.96. The molecule has 21 heavy (non-hydrogen) atoms. The van der Waals surface area contributed by atoms with E-state index >= 15 is 0 Å². The predicted octanol–water partition coefficient (Wildman–Crippen LogP) is 2.35. The van der Waals surface area contributed by atoms with Crippen LogP contribution in [0.5, 0.6) is 0 Å². The highest BCUT2D eigenvalue weighted by molar-refractivity contribution is 7.09. The summed E-state index contributed by atoms with van der Waals surface area (Å²) in [6.07, 6.45) is 2.81. The lowest BCUT2D eigenvalue weighted by molar-refractivity contribution is -0.142. The van der Waals surface area contributed by atoms with Crippen molar-refractivity contribution in [3.63, 3.8) is 0 Å². The standard InChI is InChI=1S/C15H22N2O3S/c1-15(2,3)14-16-10(8-21-14)7-12(18)17-11(13(19)20)6-9-4-5-9/h8-9,11H,4-7H2,1-3H3,(H,17,18)(H,19,20). The second-order valence-corrected chi connectivity index (χ2v) is 7.57. The molecule has 0 radical (unpaired) electrons. The van der Waals surface area contributed by atoms with E-state index in [9.17, 15) is 9.59 Å². The first-order chi connectivity index (χ1) is 9.75. The molecule has 0 bridgehead atoms. The van der Waals surface area contributed by atoms with Crippen LogP contribution in [0.1, 0.15) is 50.7 Å². The van der Waals surface area contributed by atoms with E-state index in [4.69, 9.17) is 5.11 Å². The van der Waals surface area contributed by atoms with Gasteiger partial charge in [-0.25, -0.2) is 9.78 Å². The van der Waals surface area contributed by atoms with Crippen LogP contribution in [0.4, 0.5) is 0 Å². The number of carbonyl (C=O) groups is 2. The van der Waals surface area contributed by atoms with E-state index in [1.807, 2.05) is 5.38 Å². The molecule has 1 aromatic heterocycles. The zero-order chi connectivity index (χ0) is 15.6. The van der Waals surface area contributed by atoms with Crippen LogP contribution in [0.15, 0.2) is 5.38 Å². The molecule has 2 N–H and O–H groups in total. The van der Waals surface area contributed by atoms with E-state index < -0.39 is 12.0 Å². The van der Waals surface area contributed by atoms with Crippen LogP contribution < -0.4 is 5.32 Å². The number of amides is 1. The second kappa shape index (κ2) is 6.13. The Labute approximate surface area is 128 Å². The van der Waals surface area contributed by atoms with Crippen molar-refractivity contribution in [2.75, 3.05) is 0 Å². The Hall–Kier alpha value is -1.43. The molecule has 1 aliphatic rings. The van der Waals surface area contributed by atoms with Crippen LogP contribution >= 0.6 is 11.3 Å². The number of carboxylic acid groups (broad SMARTS) is 1. The van der Waals surface area contributed by atoms with E-state index in [1.54, 1.807) is 0 Å². The van der Waals surface area contributed by atoms with Gasteiger partial charge in [0.15, 0.2) is 0 Å². The minimum absolute atomic E-state index is 0.0328. The van der Waals surface area contributed by atoms with E-state index in [1.165, 1.54) is 11.3 Å². The molecule has 0 aliphatic heterocycles. The normalized spacial score (nSPS) is 16.5. The third-order valence-corrected chi connectivity index (χ3v) is 4.75. The summed E-state index contributed by atoms with van der Waals surface area (Å²) in [7, 11) is 0. The average molecular weight is 310 g/mol. The Morgan fingerprint density at radius 2 is 2.14 bits per heavy atom. The minimum Gasteiger partial charge on any atom is -0.480 e. The lowest BCUT2D eigenvalue weighted by Gasteiger charge is -2.14. The molecule has 1 fully saturated rings. The van der Waals surface area contributed by atoms with Crippen molar-refractivity contribution >= 4 is 23.2 Å². The van der Waals surface area contributed by atoms with Crippen molar-refractivity contribution in [1.29, 1.82) is 0 Å². The van der Waals surface area contributed by atoms with Gasteiger partial charge in [0.1, 0.15) is 6.04 Å². The molecule has 5 nitrogen and oxygen atoms in total. The molecule has 2 rings (SSSR count). The summed E-state index contributed by atoms with van der Waals surface area (Å²) in [6, 6.07) is -0.772. The molecule has 0 spiro atoms.